The van der Waals surface area contributed by atoms with Crippen LogP contribution >= 0.6 is 15.9 Å². The molecule has 0 saturated carbocycles. The molecule has 0 saturated heterocycles. The molecule has 5 aromatic rings. The van der Waals surface area contributed by atoms with Gasteiger partial charge in [-0.3, -0.25) is 9.78 Å². The second kappa shape index (κ2) is 8.72. The Labute approximate surface area is 193 Å². The highest BCUT2D eigenvalue weighted by molar-refractivity contribution is 9.10. The Morgan fingerprint density at radius 1 is 0.906 bits per heavy atom. The lowest BCUT2D eigenvalue weighted by atomic mass is 10.1. The summed E-state index contributed by atoms with van der Waals surface area (Å²) in [5.74, 6) is -0.0663. The van der Waals surface area contributed by atoms with Crippen LogP contribution in [0.5, 0.6) is 0 Å². The average molecular weight is 484 g/mol. The quantitative estimate of drug-likeness (QED) is 0.363. The van der Waals surface area contributed by atoms with E-state index in [4.69, 9.17) is 5.10 Å². The molecule has 32 heavy (non-hydrogen) atoms. The maximum atomic E-state index is 12.5. The van der Waals surface area contributed by atoms with Crippen molar-refractivity contribution in [1.29, 1.82) is 0 Å². The summed E-state index contributed by atoms with van der Waals surface area (Å²) in [7, 11) is 0. The molecule has 0 unspecified atom stereocenters. The smallest absolute Gasteiger partial charge is 0.228 e. The van der Waals surface area contributed by atoms with Crippen molar-refractivity contribution in [2.45, 2.75) is 6.42 Å². The average Bonchev–Trinajstić information content (AvgIpc) is 3.26. The van der Waals surface area contributed by atoms with E-state index in [0.717, 1.165) is 43.9 Å². The summed E-state index contributed by atoms with van der Waals surface area (Å²) < 4.78 is 2.81. The molecule has 1 N–H and O–H groups in total. The molecular weight excluding hydrogens is 466 g/mol. The second-order valence-electron chi connectivity index (χ2n) is 7.30. The first-order chi connectivity index (χ1) is 15.7. The van der Waals surface area contributed by atoms with E-state index in [1.54, 1.807) is 18.6 Å². The first-order valence-corrected chi connectivity index (χ1v) is 10.8. The Bertz CT molecular complexity index is 1400. The van der Waals surface area contributed by atoms with Crippen molar-refractivity contribution in [3.8, 4) is 22.5 Å². The van der Waals surface area contributed by atoms with Gasteiger partial charge in [-0.1, -0.05) is 40.2 Å². The summed E-state index contributed by atoms with van der Waals surface area (Å²) in [4.78, 5) is 21.0. The van der Waals surface area contributed by atoms with E-state index in [2.05, 4.69) is 31.2 Å². The van der Waals surface area contributed by atoms with Crippen LogP contribution in [0.3, 0.4) is 0 Å². The number of halogens is 1. The molecule has 0 atom stereocenters. The molecule has 156 valence electrons. The topological polar surface area (TPSA) is 72.2 Å². The van der Waals surface area contributed by atoms with Gasteiger partial charge in [0.25, 0.3) is 0 Å². The molecule has 7 heteroatoms. The van der Waals surface area contributed by atoms with Crippen molar-refractivity contribution in [3.63, 3.8) is 0 Å². The number of pyridine rings is 1. The van der Waals surface area contributed by atoms with Gasteiger partial charge in [-0.15, -0.1) is 0 Å². The van der Waals surface area contributed by atoms with Crippen LogP contribution in [0, 0.1) is 0 Å². The van der Waals surface area contributed by atoms with E-state index in [1.165, 1.54) is 0 Å². The predicted octanol–water partition coefficient (Wildman–Crippen LogP) is 5.40. The first kappa shape index (κ1) is 20.1. The van der Waals surface area contributed by atoms with Gasteiger partial charge >= 0.3 is 0 Å². The van der Waals surface area contributed by atoms with E-state index in [1.807, 2.05) is 77.3 Å². The fourth-order valence-electron chi connectivity index (χ4n) is 3.53. The largest absolute Gasteiger partial charge is 0.326 e. The Kier molecular flexibility index (Phi) is 5.47. The number of benzene rings is 2. The van der Waals surface area contributed by atoms with Crippen LogP contribution in [0.4, 0.5) is 5.69 Å². The molecule has 0 fully saturated rings. The molecule has 0 bridgehead atoms. The first-order valence-electron chi connectivity index (χ1n) is 10.1. The molecular formula is C25H18BrN5O. The third kappa shape index (κ3) is 4.29. The van der Waals surface area contributed by atoms with Gasteiger partial charge in [0.2, 0.25) is 5.91 Å². The van der Waals surface area contributed by atoms with Crippen molar-refractivity contribution in [3.05, 3.63) is 101 Å². The third-order valence-electron chi connectivity index (χ3n) is 5.05. The lowest BCUT2D eigenvalue weighted by Gasteiger charge is -2.09. The molecule has 0 spiro atoms. The Balaban J connectivity index is 1.42. The summed E-state index contributed by atoms with van der Waals surface area (Å²) >= 11 is 3.41. The zero-order valence-electron chi connectivity index (χ0n) is 16.9. The van der Waals surface area contributed by atoms with Crippen LogP contribution < -0.4 is 5.32 Å². The number of aromatic nitrogens is 4. The van der Waals surface area contributed by atoms with Crippen LogP contribution in [-0.2, 0) is 11.2 Å². The standard InChI is InChI=1S/C25H18BrN5O/c26-20-6-4-17(5-7-20)14-25(32)29-21-3-1-2-19(15-21)23-10-13-28-24-16-22(30-31(23)24)18-8-11-27-12-9-18/h1-13,15-16H,14H2,(H,29,32). The summed E-state index contributed by atoms with van der Waals surface area (Å²) in [6.45, 7) is 0. The maximum absolute atomic E-state index is 12.5. The van der Waals surface area contributed by atoms with Crippen LogP contribution in [0.1, 0.15) is 5.56 Å². The molecule has 3 aromatic heterocycles. The van der Waals surface area contributed by atoms with Crippen molar-refractivity contribution in [2.24, 2.45) is 0 Å². The Morgan fingerprint density at radius 3 is 2.53 bits per heavy atom. The Hall–Kier alpha value is -3.84. The SMILES string of the molecule is O=C(Cc1ccc(Br)cc1)Nc1cccc(-c2ccnc3cc(-c4ccncc4)nn23)c1. The van der Waals surface area contributed by atoms with Crippen molar-refractivity contribution < 1.29 is 4.79 Å². The number of amides is 1. The van der Waals surface area contributed by atoms with Gasteiger partial charge in [-0.25, -0.2) is 9.50 Å². The molecule has 0 aliphatic heterocycles. The number of fused-ring (bicyclic) bond motifs is 1. The summed E-state index contributed by atoms with van der Waals surface area (Å²) in [5.41, 5.74) is 6.06. The zero-order chi connectivity index (χ0) is 21.9. The molecule has 2 aromatic carbocycles. The van der Waals surface area contributed by atoms with Crippen LogP contribution in [0.25, 0.3) is 28.2 Å². The number of hydrogen-bond donors (Lipinski definition) is 1. The lowest BCUT2D eigenvalue weighted by molar-refractivity contribution is -0.115. The maximum Gasteiger partial charge on any atom is 0.228 e. The van der Waals surface area contributed by atoms with Crippen molar-refractivity contribution >= 4 is 33.2 Å². The minimum Gasteiger partial charge on any atom is -0.326 e. The highest BCUT2D eigenvalue weighted by Crippen LogP contribution is 2.25. The molecule has 5 rings (SSSR count). The summed E-state index contributed by atoms with van der Waals surface area (Å²) in [5, 5.41) is 7.74. The monoisotopic (exact) mass is 483 g/mol. The fourth-order valence-corrected chi connectivity index (χ4v) is 3.79. The Morgan fingerprint density at radius 2 is 1.72 bits per heavy atom. The van der Waals surface area contributed by atoms with Gasteiger partial charge in [0, 0.05) is 45.9 Å². The predicted molar refractivity (Wildman–Crippen MR) is 128 cm³/mol. The highest BCUT2D eigenvalue weighted by atomic mass is 79.9. The number of nitrogens with zero attached hydrogens (tertiary/aromatic N) is 4. The fraction of sp³-hybridized carbons (Fsp3) is 0.0400. The number of rotatable bonds is 5. The van der Waals surface area contributed by atoms with Crippen LogP contribution in [0.2, 0.25) is 0 Å². The molecule has 6 nitrogen and oxygen atoms in total. The van der Waals surface area contributed by atoms with E-state index < -0.39 is 0 Å². The molecule has 3 heterocycles. The van der Waals surface area contributed by atoms with Gasteiger partial charge in [-0.05, 0) is 48.0 Å². The highest BCUT2D eigenvalue weighted by Gasteiger charge is 2.11. The van der Waals surface area contributed by atoms with E-state index in [9.17, 15) is 4.79 Å². The van der Waals surface area contributed by atoms with E-state index in [-0.39, 0.29) is 5.91 Å². The molecule has 0 radical (unpaired) electrons. The number of carbonyl (C=O) groups excluding carboxylic acids is 1. The number of carbonyl (C=O) groups is 1. The normalized spacial score (nSPS) is 10.9. The lowest BCUT2D eigenvalue weighted by Crippen LogP contribution is -2.14. The summed E-state index contributed by atoms with van der Waals surface area (Å²) in [6, 6.07) is 23.2. The minimum absolute atomic E-state index is 0.0663. The number of anilines is 1. The van der Waals surface area contributed by atoms with Gasteiger partial charge in [0.1, 0.15) is 0 Å². The van der Waals surface area contributed by atoms with E-state index in [0.29, 0.717) is 6.42 Å². The van der Waals surface area contributed by atoms with Gasteiger partial charge in [0.15, 0.2) is 5.65 Å². The zero-order valence-corrected chi connectivity index (χ0v) is 18.5. The summed E-state index contributed by atoms with van der Waals surface area (Å²) in [6.07, 6.45) is 5.56. The van der Waals surface area contributed by atoms with Crippen LogP contribution in [0.15, 0.2) is 95.9 Å². The molecule has 0 aliphatic carbocycles. The van der Waals surface area contributed by atoms with Gasteiger partial charge < -0.3 is 5.32 Å². The number of nitrogens with one attached hydrogen (secondary N) is 1. The van der Waals surface area contributed by atoms with Crippen molar-refractivity contribution in [2.75, 3.05) is 5.32 Å². The third-order valence-corrected chi connectivity index (χ3v) is 5.58. The molecule has 1 amide bonds. The molecule has 0 aliphatic rings. The van der Waals surface area contributed by atoms with Gasteiger partial charge in [-0.2, -0.15) is 5.10 Å². The van der Waals surface area contributed by atoms with E-state index >= 15 is 0 Å². The minimum atomic E-state index is -0.0663. The van der Waals surface area contributed by atoms with Crippen LogP contribution in [-0.4, -0.2) is 25.5 Å². The second-order valence-corrected chi connectivity index (χ2v) is 8.21. The number of hydrogen-bond acceptors (Lipinski definition) is 4. The van der Waals surface area contributed by atoms with Crippen molar-refractivity contribution in [1.82, 2.24) is 19.6 Å². The van der Waals surface area contributed by atoms with Gasteiger partial charge in [0.05, 0.1) is 17.8 Å².